The minimum atomic E-state index is -3.51. The molecule has 1 amide bonds. The summed E-state index contributed by atoms with van der Waals surface area (Å²) in [4.78, 5) is 14.4. The number of hydrogen-bond donors (Lipinski definition) is 1. The number of sulfone groups is 1. The first-order valence-electron chi connectivity index (χ1n) is 9.30. The standard InChI is InChI=1S/C21H21N3O5S/c1-28-14-7-9-15(10-8-14)30(26,27)16-12-24(13-16)21(25)19-11-18(22-23-19)17-5-3-4-6-20(17)29-2/h3-11,16H,12-13H2,1-2H3,(H,22,23). The molecule has 0 bridgehead atoms. The maximum Gasteiger partial charge on any atom is 0.271 e. The van der Waals surface area contributed by atoms with E-state index >= 15 is 0 Å². The molecule has 0 radical (unpaired) electrons. The van der Waals surface area contributed by atoms with Gasteiger partial charge in [-0.2, -0.15) is 5.10 Å². The molecule has 156 valence electrons. The van der Waals surface area contributed by atoms with Crippen LogP contribution in [0, 0.1) is 0 Å². The van der Waals surface area contributed by atoms with Gasteiger partial charge in [-0.25, -0.2) is 8.42 Å². The van der Waals surface area contributed by atoms with Gasteiger partial charge in [0.2, 0.25) is 0 Å². The van der Waals surface area contributed by atoms with Crippen molar-refractivity contribution < 1.29 is 22.7 Å². The number of H-pyrrole nitrogens is 1. The number of benzene rings is 2. The second-order valence-electron chi connectivity index (χ2n) is 6.92. The Kier molecular flexibility index (Phi) is 5.21. The Bertz CT molecular complexity index is 1170. The lowest BCUT2D eigenvalue weighted by Gasteiger charge is -2.38. The normalized spacial score (nSPS) is 14.3. The number of ether oxygens (including phenoxy) is 2. The van der Waals surface area contributed by atoms with E-state index in [2.05, 4.69) is 10.2 Å². The van der Waals surface area contributed by atoms with E-state index in [-0.39, 0.29) is 23.9 Å². The first-order chi connectivity index (χ1) is 14.4. The number of likely N-dealkylation sites (tertiary alicyclic amines) is 1. The van der Waals surface area contributed by atoms with Gasteiger partial charge in [-0.1, -0.05) is 12.1 Å². The molecule has 0 aliphatic carbocycles. The van der Waals surface area contributed by atoms with Crippen LogP contribution < -0.4 is 9.47 Å². The van der Waals surface area contributed by atoms with Crippen LogP contribution in [0.2, 0.25) is 0 Å². The molecule has 1 saturated heterocycles. The second-order valence-corrected chi connectivity index (χ2v) is 9.15. The highest BCUT2D eigenvalue weighted by molar-refractivity contribution is 7.92. The number of rotatable bonds is 6. The van der Waals surface area contributed by atoms with Crippen molar-refractivity contribution in [3.8, 4) is 22.8 Å². The number of methoxy groups -OCH3 is 2. The maximum absolute atomic E-state index is 12.8. The number of aromatic amines is 1. The molecule has 2 aromatic carbocycles. The van der Waals surface area contributed by atoms with Crippen LogP contribution >= 0.6 is 0 Å². The molecule has 30 heavy (non-hydrogen) atoms. The summed E-state index contributed by atoms with van der Waals surface area (Å²) in [6.07, 6.45) is 0. The monoisotopic (exact) mass is 427 g/mol. The average molecular weight is 427 g/mol. The zero-order chi connectivity index (χ0) is 21.3. The molecule has 9 heteroatoms. The van der Waals surface area contributed by atoms with Crippen LogP contribution in [0.5, 0.6) is 11.5 Å². The van der Waals surface area contributed by atoms with Gasteiger partial charge in [0.1, 0.15) is 22.4 Å². The number of carbonyl (C=O) groups excluding carboxylic acids is 1. The van der Waals surface area contributed by atoms with E-state index in [4.69, 9.17) is 9.47 Å². The van der Waals surface area contributed by atoms with Crippen LogP contribution in [0.25, 0.3) is 11.3 Å². The lowest BCUT2D eigenvalue weighted by atomic mass is 10.1. The van der Waals surface area contributed by atoms with E-state index in [0.717, 1.165) is 5.56 Å². The van der Waals surface area contributed by atoms with Crippen molar-refractivity contribution in [3.63, 3.8) is 0 Å². The summed E-state index contributed by atoms with van der Waals surface area (Å²) >= 11 is 0. The number of nitrogens with zero attached hydrogens (tertiary/aromatic N) is 2. The number of amides is 1. The first-order valence-corrected chi connectivity index (χ1v) is 10.8. The molecular formula is C21H21N3O5S. The van der Waals surface area contributed by atoms with Crippen molar-refractivity contribution in [1.82, 2.24) is 15.1 Å². The Morgan fingerprint density at radius 1 is 1.07 bits per heavy atom. The van der Waals surface area contributed by atoms with Gasteiger partial charge in [0.25, 0.3) is 5.91 Å². The van der Waals surface area contributed by atoms with E-state index in [1.807, 2.05) is 24.3 Å². The van der Waals surface area contributed by atoms with Crippen molar-refractivity contribution in [2.24, 2.45) is 0 Å². The van der Waals surface area contributed by atoms with Gasteiger partial charge in [-0.05, 0) is 42.5 Å². The molecular weight excluding hydrogens is 406 g/mol. The van der Waals surface area contributed by atoms with Crippen LogP contribution in [0.1, 0.15) is 10.5 Å². The van der Waals surface area contributed by atoms with E-state index in [0.29, 0.717) is 22.9 Å². The van der Waals surface area contributed by atoms with Crippen molar-refractivity contribution in [1.29, 1.82) is 0 Å². The third-order valence-corrected chi connectivity index (χ3v) is 7.26. The first kappa shape index (κ1) is 20.0. The highest BCUT2D eigenvalue weighted by Gasteiger charge is 2.41. The molecule has 3 aromatic rings. The lowest BCUT2D eigenvalue weighted by Crippen LogP contribution is -2.56. The SMILES string of the molecule is COc1ccc(S(=O)(=O)C2CN(C(=O)c3cc(-c4ccccc4OC)n[nH]3)C2)cc1. The molecule has 0 saturated carbocycles. The molecule has 8 nitrogen and oxygen atoms in total. The number of hydrogen-bond acceptors (Lipinski definition) is 6. The number of carbonyl (C=O) groups is 1. The van der Waals surface area contributed by atoms with Gasteiger partial charge in [-0.3, -0.25) is 9.89 Å². The fraction of sp³-hybridized carbons (Fsp3) is 0.238. The van der Waals surface area contributed by atoms with Crippen molar-refractivity contribution in [2.45, 2.75) is 10.1 Å². The van der Waals surface area contributed by atoms with Gasteiger partial charge in [0.05, 0.1) is 24.8 Å². The third-order valence-electron chi connectivity index (χ3n) is 5.15. The van der Waals surface area contributed by atoms with Gasteiger partial charge >= 0.3 is 0 Å². The second kappa shape index (κ2) is 7.83. The largest absolute Gasteiger partial charge is 0.497 e. The van der Waals surface area contributed by atoms with E-state index < -0.39 is 15.1 Å². The molecule has 1 fully saturated rings. The molecule has 4 rings (SSSR count). The van der Waals surface area contributed by atoms with Crippen LogP contribution in [0.3, 0.4) is 0 Å². The Morgan fingerprint density at radius 3 is 2.43 bits per heavy atom. The molecule has 0 unspecified atom stereocenters. The van der Waals surface area contributed by atoms with Crippen LogP contribution in [0.15, 0.2) is 59.5 Å². The van der Waals surface area contributed by atoms with Gasteiger partial charge < -0.3 is 14.4 Å². The topological polar surface area (TPSA) is 102 Å². The van der Waals surface area contributed by atoms with Crippen LogP contribution in [-0.2, 0) is 9.84 Å². The summed E-state index contributed by atoms with van der Waals surface area (Å²) in [6.45, 7) is 0.270. The molecule has 0 spiro atoms. The molecule has 1 aliphatic rings. The maximum atomic E-state index is 12.8. The van der Waals surface area contributed by atoms with E-state index in [9.17, 15) is 13.2 Å². The van der Waals surface area contributed by atoms with Gasteiger partial charge in [-0.15, -0.1) is 0 Å². The number of nitrogens with one attached hydrogen (secondary N) is 1. The summed E-state index contributed by atoms with van der Waals surface area (Å²) in [5.41, 5.74) is 1.65. The molecule has 0 atom stereocenters. The quantitative estimate of drug-likeness (QED) is 0.648. The molecule has 1 N–H and O–H groups in total. The summed E-state index contributed by atoms with van der Waals surface area (Å²) in [6, 6.07) is 15.3. The Hall–Kier alpha value is -3.33. The van der Waals surface area contributed by atoms with Crippen LogP contribution in [-0.4, -0.2) is 62.0 Å². The zero-order valence-electron chi connectivity index (χ0n) is 16.5. The highest BCUT2D eigenvalue weighted by Crippen LogP contribution is 2.30. The van der Waals surface area contributed by atoms with Gasteiger partial charge in [0.15, 0.2) is 9.84 Å². The van der Waals surface area contributed by atoms with Crippen molar-refractivity contribution >= 4 is 15.7 Å². The Balaban J connectivity index is 1.45. The van der Waals surface area contributed by atoms with Crippen molar-refractivity contribution in [2.75, 3.05) is 27.3 Å². The Morgan fingerprint density at radius 2 is 1.77 bits per heavy atom. The minimum Gasteiger partial charge on any atom is -0.497 e. The Labute approximate surface area is 174 Å². The fourth-order valence-electron chi connectivity index (χ4n) is 3.35. The summed E-state index contributed by atoms with van der Waals surface area (Å²) < 4.78 is 35.9. The molecule has 2 heterocycles. The predicted octanol–water partition coefficient (Wildman–Crippen LogP) is 2.39. The summed E-state index contributed by atoms with van der Waals surface area (Å²) in [5.74, 6) is 0.951. The lowest BCUT2D eigenvalue weighted by molar-refractivity contribution is 0.0652. The zero-order valence-corrected chi connectivity index (χ0v) is 17.3. The molecule has 1 aliphatic heterocycles. The smallest absolute Gasteiger partial charge is 0.271 e. The average Bonchev–Trinajstić information content (AvgIpc) is 3.22. The number of para-hydroxylation sites is 1. The predicted molar refractivity (Wildman–Crippen MR) is 110 cm³/mol. The molecule has 1 aromatic heterocycles. The number of aromatic nitrogens is 2. The van der Waals surface area contributed by atoms with E-state index in [1.165, 1.54) is 24.1 Å². The summed E-state index contributed by atoms with van der Waals surface area (Å²) in [7, 11) is -0.422. The summed E-state index contributed by atoms with van der Waals surface area (Å²) in [5, 5.41) is 6.32. The minimum absolute atomic E-state index is 0.135. The van der Waals surface area contributed by atoms with Gasteiger partial charge in [0, 0.05) is 18.7 Å². The third kappa shape index (κ3) is 3.52. The fourth-order valence-corrected chi connectivity index (χ4v) is 5.01. The highest BCUT2D eigenvalue weighted by atomic mass is 32.2. The van der Waals surface area contributed by atoms with Crippen LogP contribution in [0.4, 0.5) is 0 Å². The van der Waals surface area contributed by atoms with Crippen molar-refractivity contribution in [3.05, 3.63) is 60.3 Å². The van der Waals surface area contributed by atoms with E-state index in [1.54, 1.807) is 25.3 Å².